The Labute approximate surface area is 149 Å². The number of thiazole rings is 1. The summed E-state index contributed by atoms with van der Waals surface area (Å²) < 4.78 is 15.1. The molecule has 1 aromatic carbocycles. The predicted octanol–water partition coefficient (Wildman–Crippen LogP) is 4.52. The number of hydrogen-bond donors (Lipinski definition) is 0. The van der Waals surface area contributed by atoms with Gasteiger partial charge in [-0.05, 0) is 57.4 Å². The molecule has 0 N–H and O–H groups in total. The molecule has 0 spiro atoms. The topological polar surface area (TPSA) is 37.6 Å². The van der Waals surface area contributed by atoms with Gasteiger partial charge in [0.05, 0.1) is 5.69 Å². The molecule has 0 aliphatic carbocycles. The second-order valence-electron chi connectivity index (χ2n) is 6.65. The lowest BCUT2D eigenvalue weighted by atomic mass is 10.0. The number of rotatable bonds is 2. The second kappa shape index (κ2) is 6.26. The number of benzene rings is 1. The molecular formula is C19H20FN3OS. The molecule has 1 unspecified atom stereocenters. The molecule has 0 radical (unpaired) electrons. The minimum absolute atomic E-state index is 0.114. The molecule has 1 amide bonds. The fourth-order valence-electron chi connectivity index (χ4n) is 3.44. The molecule has 2 aromatic heterocycles. The quantitative estimate of drug-likeness (QED) is 0.676. The van der Waals surface area contributed by atoms with Crippen LogP contribution in [0.15, 0.2) is 30.5 Å². The molecule has 130 valence electrons. The van der Waals surface area contributed by atoms with Crippen molar-refractivity contribution in [2.24, 2.45) is 0 Å². The van der Waals surface area contributed by atoms with Gasteiger partial charge >= 0.3 is 0 Å². The van der Waals surface area contributed by atoms with Gasteiger partial charge in [0.25, 0.3) is 5.91 Å². The maximum Gasteiger partial charge on any atom is 0.266 e. The normalized spacial score (nSPS) is 18.0. The number of hydrogen-bond acceptors (Lipinski definition) is 3. The number of likely N-dealkylation sites (tertiary alicyclic amines) is 1. The number of aromatic nitrogens is 2. The van der Waals surface area contributed by atoms with E-state index >= 15 is 0 Å². The van der Waals surface area contributed by atoms with Crippen LogP contribution in [-0.2, 0) is 0 Å². The van der Waals surface area contributed by atoms with Crippen LogP contribution in [0.3, 0.4) is 0 Å². The first-order valence-electron chi connectivity index (χ1n) is 8.60. The first-order chi connectivity index (χ1) is 12.0. The Morgan fingerprint density at radius 1 is 1.28 bits per heavy atom. The summed E-state index contributed by atoms with van der Waals surface area (Å²) in [6.07, 6.45) is 5.26. The Hall–Kier alpha value is -2.21. The molecule has 1 aliphatic rings. The van der Waals surface area contributed by atoms with Gasteiger partial charge in [-0.2, -0.15) is 0 Å². The third-order valence-electron chi connectivity index (χ3n) is 4.95. The van der Waals surface area contributed by atoms with E-state index in [0.717, 1.165) is 46.2 Å². The minimum atomic E-state index is -0.260. The van der Waals surface area contributed by atoms with Gasteiger partial charge in [0.1, 0.15) is 10.7 Å². The zero-order valence-corrected chi connectivity index (χ0v) is 15.1. The van der Waals surface area contributed by atoms with Crippen molar-refractivity contribution in [2.45, 2.75) is 39.2 Å². The Balaban J connectivity index is 1.68. The maximum atomic E-state index is 13.1. The smallest absolute Gasteiger partial charge is 0.266 e. The van der Waals surface area contributed by atoms with Crippen LogP contribution < -0.4 is 0 Å². The molecule has 1 aliphatic heterocycles. The molecule has 0 saturated carbocycles. The lowest BCUT2D eigenvalue weighted by Gasteiger charge is -2.33. The molecule has 4 nitrogen and oxygen atoms in total. The van der Waals surface area contributed by atoms with E-state index in [4.69, 9.17) is 0 Å². The van der Waals surface area contributed by atoms with Crippen LogP contribution in [0.5, 0.6) is 0 Å². The summed E-state index contributed by atoms with van der Waals surface area (Å²) in [4.78, 5) is 21.1. The number of fused-ring (bicyclic) bond motifs is 1. The van der Waals surface area contributed by atoms with Crippen molar-refractivity contribution in [1.82, 2.24) is 14.3 Å². The first kappa shape index (κ1) is 16.3. The first-order valence-corrected chi connectivity index (χ1v) is 9.41. The van der Waals surface area contributed by atoms with E-state index < -0.39 is 0 Å². The highest BCUT2D eigenvalue weighted by molar-refractivity contribution is 7.19. The number of halogens is 1. The zero-order valence-electron chi connectivity index (χ0n) is 14.3. The highest BCUT2D eigenvalue weighted by atomic mass is 32.1. The number of amides is 1. The molecule has 4 rings (SSSR count). The van der Waals surface area contributed by atoms with E-state index in [0.29, 0.717) is 6.04 Å². The summed E-state index contributed by atoms with van der Waals surface area (Å²) in [7, 11) is 0. The van der Waals surface area contributed by atoms with E-state index in [9.17, 15) is 9.18 Å². The van der Waals surface area contributed by atoms with Crippen LogP contribution in [0.25, 0.3) is 16.2 Å². The number of nitrogens with zero attached hydrogens (tertiary/aromatic N) is 3. The third kappa shape index (κ3) is 2.84. The summed E-state index contributed by atoms with van der Waals surface area (Å²) in [5, 5.41) is 0. The standard InChI is InChI=1S/C19H20FN3OS/c1-12-5-3-4-10-22(12)18(24)17-13(2)23-11-16(21-19(23)25-17)14-6-8-15(20)9-7-14/h6-9,11-12H,3-5,10H2,1-2H3. The number of carbonyl (C=O) groups excluding carboxylic acids is 1. The molecule has 0 bridgehead atoms. The lowest BCUT2D eigenvalue weighted by Crippen LogP contribution is -2.41. The van der Waals surface area contributed by atoms with Crippen LogP contribution >= 0.6 is 11.3 Å². The molecule has 3 heterocycles. The van der Waals surface area contributed by atoms with Crippen LogP contribution in [-0.4, -0.2) is 32.8 Å². The Kier molecular flexibility index (Phi) is 4.07. The van der Waals surface area contributed by atoms with Crippen LogP contribution in [0.4, 0.5) is 4.39 Å². The van der Waals surface area contributed by atoms with Crippen molar-refractivity contribution < 1.29 is 9.18 Å². The number of imidazole rings is 1. The molecular weight excluding hydrogens is 337 g/mol. The van der Waals surface area contributed by atoms with Crippen molar-refractivity contribution >= 4 is 22.2 Å². The van der Waals surface area contributed by atoms with Gasteiger partial charge in [0.2, 0.25) is 0 Å². The van der Waals surface area contributed by atoms with E-state index in [-0.39, 0.29) is 11.7 Å². The van der Waals surface area contributed by atoms with E-state index in [1.54, 1.807) is 12.1 Å². The predicted molar refractivity (Wildman–Crippen MR) is 97.5 cm³/mol. The van der Waals surface area contributed by atoms with Gasteiger partial charge in [-0.1, -0.05) is 11.3 Å². The second-order valence-corrected chi connectivity index (χ2v) is 7.62. The van der Waals surface area contributed by atoms with Crippen molar-refractivity contribution in [3.63, 3.8) is 0 Å². The summed E-state index contributed by atoms with van der Waals surface area (Å²) in [5.41, 5.74) is 2.58. The van der Waals surface area contributed by atoms with Crippen molar-refractivity contribution in [3.8, 4) is 11.3 Å². The fraction of sp³-hybridized carbons (Fsp3) is 0.368. The van der Waals surface area contributed by atoms with Crippen molar-refractivity contribution in [1.29, 1.82) is 0 Å². The van der Waals surface area contributed by atoms with Gasteiger partial charge in [-0.3, -0.25) is 9.20 Å². The minimum Gasteiger partial charge on any atom is -0.335 e. The van der Waals surface area contributed by atoms with Crippen molar-refractivity contribution in [2.75, 3.05) is 6.54 Å². The highest BCUT2D eigenvalue weighted by Crippen LogP contribution is 2.29. The Morgan fingerprint density at radius 2 is 2.04 bits per heavy atom. The molecule has 25 heavy (non-hydrogen) atoms. The third-order valence-corrected chi connectivity index (χ3v) is 6.10. The van der Waals surface area contributed by atoms with Gasteiger partial charge in [0.15, 0.2) is 4.96 Å². The van der Waals surface area contributed by atoms with Crippen molar-refractivity contribution in [3.05, 3.63) is 46.9 Å². The largest absolute Gasteiger partial charge is 0.335 e. The SMILES string of the molecule is Cc1c(C(=O)N2CCCCC2C)sc2nc(-c3ccc(F)cc3)cn12. The fourth-order valence-corrected chi connectivity index (χ4v) is 4.50. The van der Waals surface area contributed by atoms with Crippen LogP contribution in [0.2, 0.25) is 0 Å². The molecule has 1 saturated heterocycles. The highest BCUT2D eigenvalue weighted by Gasteiger charge is 2.27. The van der Waals surface area contributed by atoms with Gasteiger partial charge < -0.3 is 4.90 Å². The number of carbonyl (C=O) groups is 1. The molecule has 1 fully saturated rings. The van der Waals surface area contributed by atoms with Crippen LogP contribution in [0, 0.1) is 12.7 Å². The van der Waals surface area contributed by atoms with E-state index in [2.05, 4.69) is 11.9 Å². The summed E-state index contributed by atoms with van der Waals surface area (Å²) in [5.74, 6) is -0.145. The summed E-state index contributed by atoms with van der Waals surface area (Å²) >= 11 is 1.43. The van der Waals surface area contributed by atoms with E-state index in [1.165, 1.54) is 29.9 Å². The summed E-state index contributed by atoms with van der Waals surface area (Å²) in [6, 6.07) is 6.60. The lowest BCUT2D eigenvalue weighted by molar-refractivity contribution is 0.0639. The van der Waals surface area contributed by atoms with Gasteiger partial charge in [0, 0.05) is 30.0 Å². The molecule has 1 atom stereocenters. The van der Waals surface area contributed by atoms with E-state index in [1.807, 2.05) is 22.4 Å². The van der Waals surface area contributed by atoms with Crippen LogP contribution in [0.1, 0.15) is 41.6 Å². The Morgan fingerprint density at radius 3 is 2.72 bits per heavy atom. The zero-order chi connectivity index (χ0) is 17.6. The molecule has 6 heteroatoms. The summed E-state index contributed by atoms with van der Waals surface area (Å²) in [6.45, 7) is 4.92. The Bertz CT molecular complexity index is 928. The average molecular weight is 357 g/mol. The van der Waals surface area contributed by atoms with Gasteiger partial charge in [-0.25, -0.2) is 9.37 Å². The number of piperidine rings is 1. The number of aryl methyl sites for hydroxylation is 1. The maximum absolute atomic E-state index is 13.1. The van der Waals surface area contributed by atoms with Gasteiger partial charge in [-0.15, -0.1) is 0 Å². The monoisotopic (exact) mass is 357 g/mol. The average Bonchev–Trinajstić information content (AvgIpc) is 3.15. The molecule has 3 aromatic rings.